The third-order valence-corrected chi connectivity index (χ3v) is 6.56. The molecule has 1 nitrogen and oxygen atoms in total. The van der Waals surface area contributed by atoms with Crippen LogP contribution in [0.5, 0.6) is 0 Å². The molecule has 0 bridgehead atoms. The number of hydrogen-bond donors (Lipinski definition) is 1. The molecule has 1 fully saturated rings. The zero-order valence-electron chi connectivity index (χ0n) is 13.5. The monoisotopic (exact) mass is 282 g/mol. The fraction of sp³-hybridized carbons (Fsp3) is 0.600. The lowest BCUT2D eigenvalue weighted by Gasteiger charge is -2.48. The highest BCUT2D eigenvalue weighted by Gasteiger charge is 2.50. The molecule has 0 heterocycles. The Labute approximate surface area is 128 Å². The van der Waals surface area contributed by atoms with Gasteiger partial charge >= 0.3 is 0 Å². The molecule has 1 aromatic carbocycles. The smallest absolute Gasteiger partial charge is 0.0585 e. The number of aryl methyl sites for hydroxylation is 2. The van der Waals surface area contributed by atoms with Gasteiger partial charge in [-0.05, 0) is 62.0 Å². The molecule has 0 radical (unpaired) electrons. The predicted molar refractivity (Wildman–Crippen MR) is 86.5 cm³/mol. The molecule has 112 valence electrons. The molecule has 3 aliphatic carbocycles. The molecule has 0 spiro atoms. The maximum Gasteiger partial charge on any atom is 0.0585 e. The summed E-state index contributed by atoms with van der Waals surface area (Å²) in [5.41, 5.74) is 8.27. The highest BCUT2D eigenvalue weighted by molar-refractivity contribution is 5.51. The van der Waals surface area contributed by atoms with E-state index in [0.29, 0.717) is 0 Å². The molecule has 3 atom stereocenters. The minimum Gasteiger partial charge on any atom is -0.393 e. The molecular formula is C20H26O. The number of allylic oxidation sites excluding steroid dienone is 1. The number of benzene rings is 1. The molecular weight excluding hydrogens is 256 g/mol. The van der Waals surface area contributed by atoms with Gasteiger partial charge in [-0.15, -0.1) is 0 Å². The van der Waals surface area contributed by atoms with Crippen LogP contribution in [0.3, 0.4) is 0 Å². The molecule has 1 saturated carbocycles. The first-order chi connectivity index (χ1) is 9.92. The number of aliphatic hydroxyl groups is 1. The van der Waals surface area contributed by atoms with Crippen LogP contribution in [0.15, 0.2) is 29.3 Å². The highest BCUT2D eigenvalue weighted by Crippen LogP contribution is 2.59. The van der Waals surface area contributed by atoms with Gasteiger partial charge in [0, 0.05) is 5.41 Å². The van der Waals surface area contributed by atoms with Crippen LogP contribution in [0.4, 0.5) is 0 Å². The lowest BCUT2D eigenvalue weighted by Crippen LogP contribution is -2.38. The Bertz CT molecular complexity index is 641. The third kappa shape index (κ3) is 1.80. The Morgan fingerprint density at radius 3 is 2.71 bits per heavy atom. The van der Waals surface area contributed by atoms with E-state index in [1.807, 2.05) is 0 Å². The van der Waals surface area contributed by atoms with Crippen LogP contribution in [-0.2, 0) is 11.8 Å². The summed E-state index contributed by atoms with van der Waals surface area (Å²) in [6.45, 7) is 7.03. The summed E-state index contributed by atoms with van der Waals surface area (Å²) in [6, 6.07) is 7.03. The van der Waals surface area contributed by atoms with Gasteiger partial charge in [-0.1, -0.05) is 48.8 Å². The van der Waals surface area contributed by atoms with Crippen LogP contribution < -0.4 is 0 Å². The SMILES string of the molecule is Cc1ccc2c(c1)CCC1=C3C[C@H](O)C[C@]3(C)CC[C@@]12C. The summed E-state index contributed by atoms with van der Waals surface area (Å²) in [5, 5.41) is 10.2. The number of rotatable bonds is 0. The van der Waals surface area contributed by atoms with Crippen molar-refractivity contribution in [2.24, 2.45) is 5.41 Å². The first kappa shape index (κ1) is 13.6. The van der Waals surface area contributed by atoms with Crippen molar-refractivity contribution in [2.45, 2.75) is 70.8 Å². The second kappa shape index (κ2) is 4.23. The maximum atomic E-state index is 10.2. The van der Waals surface area contributed by atoms with Crippen LogP contribution in [0.1, 0.15) is 62.6 Å². The van der Waals surface area contributed by atoms with Gasteiger partial charge in [-0.2, -0.15) is 0 Å². The molecule has 0 unspecified atom stereocenters. The van der Waals surface area contributed by atoms with Crippen molar-refractivity contribution in [2.75, 3.05) is 0 Å². The Morgan fingerprint density at radius 2 is 1.90 bits per heavy atom. The normalized spacial score (nSPS) is 38.0. The zero-order valence-corrected chi connectivity index (χ0v) is 13.5. The average Bonchev–Trinajstić information content (AvgIpc) is 2.73. The topological polar surface area (TPSA) is 20.2 Å². The van der Waals surface area contributed by atoms with Crippen molar-refractivity contribution in [3.05, 3.63) is 46.0 Å². The first-order valence-corrected chi connectivity index (χ1v) is 8.43. The van der Waals surface area contributed by atoms with Gasteiger partial charge < -0.3 is 5.11 Å². The summed E-state index contributed by atoms with van der Waals surface area (Å²) >= 11 is 0. The first-order valence-electron chi connectivity index (χ1n) is 8.43. The molecule has 3 aliphatic rings. The standard InChI is InChI=1S/C20H26O/c1-13-4-6-16-14(10-13)5-7-17-18-11-15(21)12-19(18,2)8-9-20(16,17)3/h4,6,10,15,21H,5,7-9,11-12H2,1-3H3/t15-,19-,20+/m0/s1. The molecule has 21 heavy (non-hydrogen) atoms. The van der Waals surface area contributed by atoms with E-state index in [1.54, 1.807) is 22.3 Å². The van der Waals surface area contributed by atoms with Crippen LogP contribution in [0, 0.1) is 12.3 Å². The van der Waals surface area contributed by atoms with Gasteiger partial charge in [0.1, 0.15) is 0 Å². The molecule has 4 rings (SSSR count). The van der Waals surface area contributed by atoms with Gasteiger partial charge in [-0.3, -0.25) is 0 Å². The van der Waals surface area contributed by atoms with Crippen LogP contribution in [-0.4, -0.2) is 11.2 Å². The van der Waals surface area contributed by atoms with Crippen molar-refractivity contribution in [1.82, 2.24) is 0 Å². The van der Waals surface area contributed by atoms with Crippen LogP contribution in [0.2, 0.25) is 0 Å². The Balaban J connectivity index is 1.90. The lowest BCUT2D eigenvalue weighted by atomic mass is 9.56. The van der Waals surface area contributed by atoms with Crippen molar-refractivity contribution in [1.29, 1.82) is 0 Å². The maximum absolute atomic E-state index is 10.2. The Hall–Kier alpha value is -1.08. The van der Waals surface area contributed by atoms with E-state index in [2.05, 4.69) is 39.0 Å². The summed E-state index contributed by atoms with van der Waals surface area (Å²) in [5.74, 6) is 0. The van der Waals surface area contributed by atoms with Crippen molar-refractivity contribution in [3.8, 4) is 0 Å². The van der Waals surface area contributed by atoms with E-state index < -0.39 is 0 Å². The van der Waals surface area contributed by atoms with Gasteiger partial charge in [-0.25, -0.2) is 0 Å². The van der Waals surface area contributed by atoms with E-state index >= 15 is 0 Å². The predicted octanol–water partition coefficient (Wildman–Crippen LogP) is 4.45. The second-order valence-corrected chi connectivity index (χ2v) is 8.07. The second-order valence-electron chi connectivity index (χ2n) is 8.07. The largest absolute Gasteiger partial charge is 0.393 e. The quantitative estimate of drug-likeness (QED) is 0.697. The number of aliphatic hydroxyl groups excluding tert-OH is 1. The van der Waals surface area contributed by atoms with Crippen molar-refractivity contribution in [3.63, 3.8) is 0 Å². The summed E-state index contributed by atoms with van der Waals surface area (Å²) in [7, 11) is 0. The minimum absolute atomic E-state index is 0.112. The van der Waals surface area contributed by atoms with Crippen molar-refractivity contribution < 1.29 is 5.11 Å². The molecule has 1 N–H and O–H groups in total. The van der Waals surface area contributed by atoms with Gasteiger partial charge in [0.15, 0.2) is 0 Å². The molecule has 0 amide bonds. The van der Waals surface area contributed by atoms with Crippen LogP contribution >= 0.6 is 0 Å². The van der Waals surface area contributed by atoms with Gasteiger partial charge in [0.2, 0.25) is 0 Å². The van der Waals surface area contributed by atoms with E-state index in [0.717, 1.165) is 12.8 Å². The summed E-state index contributed by atoms with van der Waals surface area (Å²) < 4.78 is 0. The summed E-state index contributed by atoms with van der Waals surface area (Å²) in [6.07, 6.45) is 6.63. The zero-order chi connectivity index (χ0) is 14.8. The van der Waals surface area contributed by atoms with E-state index in [9.17, 15) is 5.11 Å². The van der Waals surface area contributed by atoms with Crippen molar-refractivity contribution >= 4 is 0 Å². The molecule has 0 aromatic heterocycles. The minimum atomic E-state index is -0.112. The fourth-order valence-corrected chi connectivity index (χ4v) is 5.40. The molecule has 1 aromatic rings. The van der Waals surface area contributed by atoms with E-state index in [1.165, 1.54) is 31.2 Å². The third-order valence-electron chi connectivity index (χ3n) is 6.56. The molecule has 1 heteroatoms. The van der Waals surface area contributed by atoms with E-state index in [4.69, 9.17) is 0 Å². The number of fused-ring (bicyclic) bond motifs is 4. The summed E-state index contributed by atoms with van der Waals surface area (Å²) in [4.78, 5) is 0. The van der Waals surface area contributed by atoms with E-state index in [-0.39, 0.29) is 16.9 Å². The van der Waals surface area contributed by atoms with Gasteiger partial charge in [0.25, 0.3) is 0 Å². The van der Waals surface area contributed by atoms with Gasteiger partial charge in [0.05, 0.1) is 6.10 Å². The van der Waals surface area contributed by atoms with Crippen LogP contribution in [0.25, 0.3) is 0 Å². The number of hydrogen-bond acceptors (Lipinski definition) is 1. The Morgan fingerprint density at radius 1 is 1.10 bits per heavy atom. The lowest BCUT2D eigenvalue weighted by molar-refractivity contribution is 0.157. The fourth-order valence-electron chi connectivity index (χ4n) is 5.40. The average molecular weight is 282 g/mol. The molecule has 0 saturated heterocycles. The Kier molecular flexibility index (Phi) is 2.73. The highest BCUT2D eigenvalue weighted by atomic mass is 16.3. The molecule has 0 aliphatic heterocycles.